The normalized spacial score (nSPS) is 11.8. The fraction of sp³-hybridized carbons (Fsp3) is 0.500. The summed E-state index contributed by atoms with van der Waals surface area (Å²) in [6.45, 7) is 12.0. The third kappa shape index (κ3) is 6.77. The van der Waals surface area contributed by atoms with Crippen LogP contribution < -0.4 is 10.6 Å². The number of nitrogens with zero attached hydrogens (tertiary/aromatic N) is 2. The lowest BCUT2D eigenvalue weighted by Gasteiger charge is -2.10. The van der Waals surface area contributed by atoms with E-state index in [9.17, 15) is 0 Å². The number of benzene rings is 1. The molecule has 142 valence electrons. The molecule has 0 aliphatic carbocycles. The number of rotatable bonds is 9. The second-order valence-electron chi connectivity index (χ2n) is 6.32. The first-order chi connectivity index (χ1) is 12.6. The first-order valence-corrected chi connectivity index (χ1v) is 10.1. The summed E-state index contributed by atoms with van der Waals surface area (Å²) in [6, 6.07) is 8.42. The number of guanidine groups is 1. The van der Waals surface area contributed by atoms with Crippen molar-refractivity contribution in [2.24, 2.45) is 4.99 Å². The SMILES string of the molecule is CCNC(=NCc1ccc(COCC)cc1)NCc1nc(C(C)C)cs1. The molecule has 1 aromatic heterocycles. The molecule has 0 saturated heterocycles. The summed E-state index contributed by atoms with van der Waals surface area (Å²) in [5, 5.41) is 9.87. The van der Waals surface area contributed by atoms with E-state index in [0.29, 0.717) is 25.6 Å². The van der Waals surface area contributed by atoms with Crippen molar-refractivity contribution < 1.29 is 4.74 Å². The predicted molar refractivity (Wildman–Crippen MR) is 110 cm³/mol. The maximum absolute atomic E-state index is 5.43. The lowest BCUT2D eigenvalue weighted by atomic mass is 10.1. The third-order valence-electron chi connectivity index (χ3n) is 3.83. The van der Waals surface area contributed by atoms with Gasteiger partial charge in [-0.15, -0.1) is 11.3 Å². The zero-order valence-electron chi connectivity index (χ0n) is 16.2. The zero-order valence-corrected chi connectivity index (χ0v) is 17.0. The lowest BCUT2D eigenvalue weighted by molar-refractivity contribution is 0.134. The van der Waals surface area contributed by atoms with Gasteiger partial charge in [0.25, 0.3) is 0 Å². The first kappa shape index (κ1) is 20.4. The van der Waals surface area contributed by atoms with Crippen LogP contribution in [-0.4, -0.2) is 24.1 Å². The Morgan fingerprint density at radius 2 is 1.88 bits per heavy atom. The molecular weight excluding hydrogens is 344 g/mol. The Balaban J connectivity index is 1.90. The smallest absolute Gasteiger partial charge is 0.191 e. The maximum atomic E-state index is 5.43. The molecule has 0 amide bonds. The molecule has 0 aliphatic heterocycles. The van der Waals surface area contributed by atoms with Gasteiger partial charge in [-0.3, -0.25) is 0 Å². The lowest BCUT2D eigenvalue weighted by Crippen LogP contribution is -2.36. The highest BCUT2D eigenvalue weighted by atomic mass is 32.1. The van der Waals surface area contributed by atoms with E-state index in [1.165, 1.54) is 11.1 Å². The van der Waals surface area contributed by atoms with E-state index >= 15 is 0 Å². The monoisotopic (exact) mass is 374 g/mol. The fourth-order valence-corrected chi connectivity index (χ4v) is 3.20. The minimum atomic E-state index is 0.465. The number of hydrogen-bond donors (Lipinski definition) is 2. The number of hydrogen-bond acceptors (Lipinski definition) is 4. The topological polar surface area (TPSA) is 58.5 Å². The molecule has 0 radical (unpaired) electrons. The third-order valence-corrected chi connectivity index (χ3v) is 4.69. The van der Waals surface area contributed by atoms with Crippen molar-refractivity contribution in [2.45, 2.75) is 53.3 Å². The highest BCUT2D eigenvalue weighted by Gasteiger charge is 2.06. The molecule has 2 N–H and O–H groups in total. The van der Waals surface area contributed by atoms with Crippen LogP contribution in [0.5, 0.6) is 0 Å². The van der Waals surface area contributed by atoms with Gasteiger partial charge in [-0.25, -0.2) is 9.98 Å². The van der Waals surface area contributed by atoms with Crippen LogP contribution in [0.3, 0.4) is 0 Å². The molecule has 0 saturated carbocycles. The minimum Gasteiger partial charge on any atom is -0.377 e. The number of aromatic nitrogens is 1. The molecule has 2 aromatic rings. The first-order valence-electron chi connectivity index (χ1n) is 9.24. The van der Waals surface area contributed by atoms with Crippen molar-refractivity contribution in [3.8, 4) is 0 Å². The van der Waals surface area contributed by atoms with Gasteiger partial charge in [0.1, 0.15) is 5.01 Å². The van der Waals surface area contributed by atoms with E-state index in [-0.39, 0.29) is 0 Å². The molecule has 1 heterocycles. The summed E-state index contributed by atoms with van der Waals surface area (Å²) in [5.74, 6) is 1.28. The van der Waals surface area contributed by atoms with Crippen LogP contribution in [0, 0.1) is 0 Å². The van der Waals surface area contributed by atoms with Crippen LogP contribution in [0.15, 0.2) is 34.6 Å². The molecule has 0 unspecified atom stereocenters. The number of thiazole rings is 1. The summed E-state index contributed by atoms with van der Waals surface area (Å²) < 4.78 is 5.43. The molecule has 0 bridgehead atoms. The Morgan fingerprint density at radius 1 is 1.15 bits per heavy atom. The van der Waals surface area contributed by atoms with Crippen molar-refractivity contribution in [3.05, 3.63) is 51.5 Å². The van der Waals surface area contributed by atoms with E-state index < -0.39 is 0 Å². The van der Waals surface area contributed by atoms with Crippen LogP contribution in [0.2, 0.25) is 0 Å². The molecule has 2 rings (SSSR count). The molecule has 6 heteroatoms. The Hall–Kier alpha value is -1.92. The molecular formula is C20H30N4OS. The molecule has 0 fully saturated rings. The van der Waals surface area contributed by atoms with Crippen LogP contribution >= 0.6 is 11.3 Å². The van der Waals surface area contributed by atoms with E-state index in [1.807, 2.05) is 6.92 Å². The van der Waals surface area contributed by atoms with Crippen molar-refractivity contribution in [2.75, 3.05) is 13.2 Å². The van der Waals surface area contributed by atoms with Gasteiger partial charge in [0.15, 0.2) is 5.96 Å². The predicted octanol–water partition coefficient (Wildman–Crippen LogP) is 4.06. The number of aliphatic imine (C=N–C) groups is 1. The standard InChI is InChI=1S/C20H30N4OS/c1-5-21-20(23-12-19-24-18(14-26-19)15(3)4)22-11-16-7-9-17(10-8-16)13-25-6-2/h7-10,14-15H,5-6,11-13H2,1-4H3,(H2,21,22,23). The average Bonchev–Trinajstić information content (AvgIpc) is 3.12. The van der Waals surface area contributed by atoms with Crippen LogP contribution in [0.1, 0.15) is 55.4 Å². The second-order valence-corrected chi connectivity index (χ2v) is 7.27. The van der Waals surface area contributed by atoms with Crippen molar-refractivity contribution >= 4 is 17.3 Å². The van der Waals surface area contributed by atoms with Gasteiger partial charge in [-0.05, 0) is 30.9 Å². The summed E-state index contributed by atoms with van der Waals surface area (Å²) in [5.41, 5.74) is 3.52. The maximum Gasteiger partial charge on any atom is 0.191 e. The second kappa shape index (κ2) is 10.9. The quantitative estimate of drug-likeness (QED) is 0.513. The molecule has 0 atom stereocenters. The summed E-state index contributed by atoms with van der Waals surface area (Å²) >= 11 is 1.69. The van der Waals surface area contributed by atoms with E-state index in [4.69, 9.17) is 4.74 Å². The summed E-state index contributed by atoms with van der Waals surface area (Å²) in [4.78, 5) is 9.33. The Kier molecular flexibility index (Phi) is 8.58. The molecule has 26 heavy (non-hydrogen) atoms. The minimum absolute atomic E-state index is 0.465. The van der Waals surface area contributed by atoms with Crippen LogP contribution in [0.25, 0.3) is 0 Å². The highest BCUT2D eigenvalue weighted by Crippen LogP contribution is 2.17. The van der Waals surface area contributed by atoms with E-state index in [1.54, 1.807) is 11.3 Å². The summed E-state index contributed by atoms with van der Waals surface area (Å²) in [6.07, 6.45) is 0. The number of nitrogens with one attached hydrogen (secondary N) is 2. The van der Waals surface area contributed by atoms with Crippen molar-refractivity contribution in [3.63, 3.8) is 0 Å². The zero-order chi connectivity index (χ0) is 18.8. The van der Waals surface area contributed by atoms with E-state index in [0.717, 1.165) is 29.8 Å². The Morgan fingerprint density at radius 3 is 2.50 bits per heavy atom. The van der Waals surface area contributed by atoms with Gasteiger partial charge >= 0.3 is 0 Å². The van der Waals surface area contributed by atoms with Gasteiger partial charge < -0.3 is 15.4 Å². The fourth-order valence-electron chi connectivity index (χ4n) is 2.30. The van der Waals surface area contributed by atoms with Gasteiger partial charge in [0.2, 0.25) is 0 Å². The molecule has 1 aromatic carbocycles. The van der Waals surface area contributed by atoms with E-state index in [2.05, 4.69) is 71.0 Å². The van der Waals surface area contributed by atoms with Gasteiger partial charge in [-0.2, -0.15) is 0 Å². The number of ether oxygens (including phenoxy) is 1. The summed E-state index contributed by atoms with van der Waals surface area (Å²) in [7, 11) is 0. The Bertz CT molecular complexity index is 679. The van der Waals surface area contributed by atoms with Crippen molar-refractivity contribution in [1.29, 1.82) is 0 Å². The molecule has 0 aliphatic rings. The van der Waals surface area contributed by atoms with Gasteiger partial charge in [-0.1, -0.05) is 38.1 Å². The average molecular weight is 375 g/mol. The largest absolute Gasteiger partial charge is 0.377 e. The van der Waals surface area contributed by atoms with Gasteiger partial charge in [0, 0.05) is 18.5 Å². The van der Waals surface area contributed by atoms with Crippen molar-refractivity contribution in [1.82, 2.24) is 15.6 Å². The van der Waals surface area contributed by atoms with Crippen LogP contribution in [-0.2, 0) is 24.4 Å². The molecule has 5 nitrogen and oxygen atoms in total. The van der Waals surface area contributed by atoms with Crippen LogP contribution in [0.4, 0.5) is 0 Å². The van der Waals surface area contributed by atoms with Gasteiger partial charge in [0.05, 0.1) is 25.4 Å². The molecule has 0 spiro atoms. The Labute approximate surface area is 160 Å². The highest BCUT2D eigenvalue weighted by molar-refractivity contribution is 7.09.